The molecule has 1 heterocycles. The Morgan fingerprint density at radius 2 is 2.00 bits per heavy atom. The van der Waals surface area contributed by atoms with E-state index in [1.807, 2.05) is 36.4 Å². The minimum absolute atomic E-state index is 0.0627. The summed E-state index contributed by atoms with van der Waals surface area (Å²) in [5.41, 5.74) is 4.42. The van der Waals surface area contributed by atoms with E-state index in [1.165, 1.54) is 30.5 Å². The van der Waals surface area contributed by atoms with Gasteiger partial charge in [0.15, 0.2) is 0 Å². The summed E-state index contributed by atoms with van der Waals surface area (Å²) in [4.78, 5) is 23.0. The summed E-state index contributed by atoms with van der Waals surface area (Å²) in [6.07, 6.45) is 6.50. The molecule has 3 aromatic carbocycles. The Bertz CT molecular complexity index is 1530. The van der Waals surface area contributed by atoms with Crippen LogP contribution in [0.3, 0.4) is 0 Å². The number of carboxylic acid groups (broad SMARTS) is 1. The molecule has 0 fully saturated rings. The molecule has 0 saturated carbocycles. The molecule has 38 heavy (non-hydrogen) atoms. The maximum absolute atomic E-state index is 13.4. The number of imidazole rings is 1. The van der Waals surface area contributed by atoms with Crippen molar-refractivity contribution in [1.82, 2.24) is 15.3 Å². The first kappa shape index (κ1) is 26.3. The SMILES string of the molecule is N=C(/N=C\C(=C\NCCc1nc2ccccc2[nH]1)c1cccc(/C=C/C(=O)O)c1)Nc1ccc(F)c(Cl)c1. The molecule has 0 spiro atoms. The number of guanidine groups is 1. The number of nitrogens with one attached hydrogen (secondary N) is 4. The largest absolute Gasteiger partial charge is 0.478 e. The van der Waals surface area contributed by atoms with E-state index in [0.29, 0.717) is 29.8 Å². The summed E-state index contributed by atoms with van der Waals surface area (Å²) in [6.45, 7) is 0.583. The third-order valence-corrected chi connectivity index (χ3v) is 5.65. The number of carboxylic acids is 1. The lowest BCUT2D eigenvalue weighted by molar-refractivity contribution is -0.131. The van der Waals surface area contributed by atoms with E-state index in [4.69, 9.17) is 22.1 Å². The lowest BCUT2D eigenvalue weighted by Crippen LogP contribution is -2.12. The van der Waals surface area contributed by atoms with Crippen LogP contribution in [0.15, 0.2) is 84.0 Å². The predicted octanol–water partition coefficient (Wildman–Crippen LogP) is 5.74. The van der Waals surface area contributed by atoms with Crippen LogP contribution in [0.25, 0.3) is 22.7 Å². The lowest BCUT2D eigenvalue weighted by Gasteiger charge is -2.08. The second-order valence-electron chi connectivity index (χ2n) is 8.16. The molecule has 10 heteroatoms. The Balaban J connectivity index is 1.50. The van der Waals surface area contributed by atoms with Gasteiger partial charge >= 0.3 is 5.97 Å². The number of halogens is 2. The van der Waals surface area contributed by atoms with Crippen molar-refractivity contribution in [2.45, 2.75) is 6.42 Å². The Labute approximate surface area is 223 Å². The quantitative estimate of drug-likeness (QED) is 0.0815. The number of aliphatic imine (C=N–C) groups is 1. The number of H-pyrrole nitrogens is 1. The number of anilines is 1. The number of nitrogens with zero attached hydrogens (tertiary/aromatic N) is 2. The zero-order chi connectivity index (χ0) is 26.9. The van der Waals surface area contributed by atoms with E-state index >= 15 is 0 Å². The normalized spacial score (nSPS) is 11.9. The van der Waals surface area contributed by atoms with Crippen LogP contribution in [0.1, 0.15) is 17.0 Å². The summed E-state index contributed by atoms with van der Waals surface area (Å²) in [7, 11) is 0. The van der Waals surface area contributed by atoms with Gasteiger partial charge in [-0.2, -0.15) is 0 Å². The summed E-state index contributed by atoms with van der Waals surface area (Å²) >= 11 is 5.81. The first-order valence-corrected chi connectivity index (χ1v) is 12.0. The number of rotatable bonds is 9. The molecular formula is C28H24ClFN6O2. The van der Waals surface area contributed by atoms with Crippen molar-refractivity contribution in [3.05, 3.63) is 107 Å². The molecule has 1 aromatic heterocycles. The second kappa shape index (κ2) is 12.5. The molecule has 0 atom stereocenters. The number of aliphatic carboxylic acids is 1. The smallest absolute Gasteiger partial charge is 0.328 e. The van der Waals surface area contributed by atoms with Gasteiger partial charge in [0.05, 0.1) is 16.1 Å². The van der Waals surface area contributed by atoms with Gasteiger partial charge in [-0.3, -0.25) is 5.41 Å². The molecule has 0 saturated heterocycles. The standard InChI is InChI=1S/C28H24ClFN6O2/c29-22-15-21(9-10-23(22)30)34-28(31)33-17-20(19-5-3-4-18(14-19)8-11-27(37)38)16-32-13-12-26-35-24-6-1-2-7-25(24)36-26/h1-11,14-17,32H,12-13H2,(H2,31,34)(H,35,36)(H,37,38)/b11-8+,20-16-,33-17-. The van der Waals surface area contributed by atoms with Gasteiger partial charge in [-0.25, -0.2) is 19.2 Å². The molecular weight excluding hydrogens is 507 g/mol. The molecule has 0 bridgehead atoms. The minimum atomic E-state index is -1.04. The van der Waals surface area contributed by atoms with Crippen LogP contribution in [0.2, 0.25) is 5.02 Å². The van der Waals surface area contributed by atoms with Crippen molar-refractivity contribution in [3.63, 3.8) is 0 Å². The molecule has 5 N–H and O–H groups in total. The van der Waals surface area contributed by atoms with E-state index in [2.05, 4.69) is 25.6 Å². The number of para-hydroxylation sites is 2. The predicted molar refractivity (Wildman–Crippen MR) is 150 cm³/mol. The Hall–Kier alpha value is -4.76. The molecule has 4 aromatic rings. The average molecular weight is 531 g/mol. The van der Waals surface area contributed by atoms with E-state index in [0.717, 1.165) is 28.5 Å². The maximum atomic E-state index is 13.4. The van der Waals surface area contributed by atoms with Crippen molar-refractivity contribution in [3.8, 4) is 0 Å². The summed E-state index contributed by atoms with van der Waals surface area (Å²) in [5.74, 6) is -0.918. The molecule has 8 nitrogen and oxygen atoms in total. The molecule has 0 amide bonds. The Morgan fingerprint density at radius 3 is 2.79 bits per heavy atom. The van der Waals surface area contributed by atoms with Crippen LogP contribution in [0.5, 0.6) is 0 Å². The fourth-order valence-corrected chi connectivity index (χ4v) is 3.74. The van der Waals surface area contributed by atoms with Gasteiger partial charge in [0.25, 0.3) is 0 Å². The third kappa shape index (κ3) is 7.37. The van der Waals surface area contributed by atoms with E-state index in [1.54, 1.807) is 18.3 Å². The maximum Gasteiger partial charge on any atom is 0.328 e. The Morgan fingerprint density at radius 1 is 1.16 bits per heavy atom. The summed E-state index contributed by atoms with van der Waals surface area (Å²) in [5, 5.41) is 23.1. The third-order valence-electron chi connectivity index (χ3n) is 5.36. The van der Waals surface area contributed by atoms with Crippen LogP contribution in [-0.4, -0.2) is 39.8 Å². The summed E-state index contributed by atoms with van der Waals surface area (Å²) < 4.78 is 13.4. The lowest BCUT2D eigenvalue weighted by atomic mass is 10.0. The number of allylic oxidation sites excluding steroid dienone is 1. The van der Waals surface area contributed by atoms with Crippen LogP contribution in [0, 0.1) is 11.2 Å². The molecule has 0 aliphatic carbocycles. The number of hydrogen-bond donors (Lipinski definition) is 5. The van der Waals surface area contributed by atoms with Crippen LogP contribution < -0.4 is 10.6 Å². The molecule has 0 aliphatic heterocycles. The van der Waals surface area contributed by atoms with Crippen molar-refractivity contribution in [2.24, 2.45) is 4.99 Å². The van der Waals surface area contributed by atoms with Gasteiger partial charge < -0.3 is 20.7 Å². The molecule has 0 aliphatic rings. The number of aromatic nitrogens is 2. The number of fused-ring (bicyclic) bond motifs is 1. The second-order valence-corrected chi connectivity index (χ2v) is 8.57. The van der Waals surface area contributed by atoms with Gasteiger partial charge in [0.2, 0.25) is 5.96 Å². The van der Waals surface area contributed by atoms with Crippen molar-refractivity contribution in [1.29, 1.82) is 5.41 Å². The summed E-state index contributed by atoms with van der Waals surface area (Å²) in [6, 6.07) is 19.1. The first-order valence-electron chi connectivity index (χ1n) is 11.6. The fourth-order valence-electron chi connectivity index (χ4n) is 3.56. The highest BCUT2D eigenvalue weighted by Gasteiger charge is 2.05. The molecule has 0 unspecified atom stereocenters. The molecule has 0 radical (unpaired) electrons. The van der Waals surface area contributed by atoms with Crippen LogP contribution >= 0.6 is 11.6 Å². The van der Waals surface area contributed by atoms with Gasteiger partial charge in [-0.1, -0.05) is 41.9 Å². The van der Waals surface area contributed by atoms with E-state index in [-0.39, 0.29) is 11.0 Å². The van der Waals surface area contributed by atoms with Crippen molar-refractivity contribution >= 4 is 58.1 Å². The highest BCUT2D eigenvalue weighted by atomic mass is 35.5. The Kier molecular flexibility index (Phi) is 8.63. The number of aromatic amines is 1. The highest BCUT2D eigenvalue weighted by Crippen LogP contribution is 2.20. The van der Waals surface area contributed by atoms with E-state index < -0.39 is 11.8 Å². The van der Waals surface area contributed by atoms with Gasteiger partial charge in [0, 0.05) is 42.7 Å². The van der Waals surface area contributed by atoms with Gasteiger partial charge in [0.1, 0.15) is 11.6 Å². The number of benzene rings is 3. The highest BCUT2D eigenvalue weighted by molar-refractivity contribution is 6.31. The number of carbonyl (C=O) groups is 1. The zero-order valence-electron chi connectivity index (χ0n) is 20.1. The average Bonchev–Trinajstić information content (AvgIpc) is 3.32. The molecule has 192 valence electrons. The van der Waals surface area contributed by atoms with Gasteiger partial charge in [-0.15, -0.1) is 0 Å². The van der Waals surface area contributed by atoms with E-state index in [9.17, 15) is 9.18 Å². The van der Waals surface area contributed by atoms with Crippen molar-refractivity contribution < 1.29 is 14.3 Å². The zero-order valence-corrected chi connectivity index (χ0v) is 20.8. The fraction of sp³-hybridized carbons (Fsp3) is 0.0714. The topological polar surface area (TPSA) is 126 Å². The van der Waals surface area contributed by atoms with Crippen LogP contribution in [0.4, 0.5) is 10.1 Å². The minimum Gasteiger partial charge on any atom is -0.478 e. The van der Waals surface area contributed by atoms with Gasteiger partial charge in [-0.05, 0) is 53.6 Å². The number of hydrogen-bond acceptors (Lipinski definition) is 4. The van der Waals surface area contributed by atoms with Crippen LogP contribution in [-0.2, 0) is 11.2 Å². The monoisotopic (exact) mass is 530 g/mol. The first-order chi connectivity index (χ1) is 18.4. The molecule has 4 rings (SSSR count). The van der Waals surface area contributed by atoms with Crippen molar-refractivity contribution in [2.75, 3.05) is 11.9 Å².